The van der Waals surface area contributed by atoms with Crippen LogP contribution in [0.3, 0.4) is 0 Å². The number of rotatable bonds is 4. The Morgan fingerprint density at radius 1 is 1.08 bits per heavy atom. The van der Waals surface area contributed by atoms with Gasteiger partial charge in [-0.2, -0.15) is 0 Å². The SMILES string of the molecule is Cc1sc(NC(=O)c2ccc(C(C)C)cc2)nc1-c1ccc(F)cc1. The molecule has 0 saturated heterocycles. The molecule has 0 atom stereocenters. The number of anilines is 1. The van der Waals surface area contributed by atoms with Crippen molar-refractivity contribution in [2.24, 2.45) is 0 Å². The number of aromatic nitrogens is 1. The van der Waals surface area contributed by atoms with Crippen molar-refractivity contribution in [1.29, 1.82) is 0 Å². The highest BCUT2D eigenvalue weighted by atomic mass is 32.1. The molecule has 3 rings (SSSR count). The number of hydrogen-bond donors (Lipinski definition) is 1. The molecule has 0 saturated carbocycles. The van der Waals surface area contributed by atoms with Crippen molar-refractivity contribution in [2.75, 3.05) is 5.32 Å². The van der Waals surface area contributed by atoms with E-state index in [0.717, 1.165) is 16.1 Å². The summed E-state index contributed by atoms with van der Waals surface area (Å²) in [5.41, 5.74) is 3.38. The Balaban J connectivity index is 1.78. The molecule has 0 aliphatic carbocycles. The largest absolute Gasteiger partial charge is 0.298 e. The lowest BCUT2D eigenvalue weighted by Crippen LogP contribution is -2.11. The predicted octanol–water partition coefficient (Wildman–Crippen LogP) is 5.63. The standard InChI is InChI=1S/C20H19FN2OS/c1-12(2)14-4-6-16(7-5-14)19(24)23-20-22-18(13(3)25-20)15-8-10-17(21)11-9-15/h4-12H,1-3H3,(H,22,23,24). The summed E-state index contributed by atoms with van der Waals surface area (Å²) in [6, 6.07) is 13.8. The molecular formula is C20H19FN2OS. The molecule has 1 aromatic heterocycles. The van der Waals surface area contributed by atoms with Gasteiger partial charge in [-0.3, -0.25) is 10.1 Å². The van der Waals surface area contributed by atoms with Crippen LogP contribution in [0, 0.1) is 12.7 Å². The smallest absolute Gasteiger partial charge is 0.257 e. The van der Waals surface area contributed by atoms with E-state index in [1.165, 1.54) is 29.0 Å². The van der Waals surface area contributed by atoms with E-state index in [4.69, 9.17) is 0 Å². The van der Waals surface area contributed by atoms with Crippen molar-refractivity contribution in [3.8, 4) is 11.3 Å². The molecular weight excluding hydrogens is 335 g/mol. The highest BCUT2D eigenvalue weighted by molar-refractivity contribution is 7.16. The molecule has 5 heteroatoms. The van der Waals surface area contributed by atoms with Gasteiger partial charge in [-0.15, -0.1) is 11.3 Å². The highest BCUT2D eigenvalue weighted by Gasteiger charge is 2.13. The van der Waals surface area contributed by atoms with E-state index < -0.39 is 0 Å². The van der Waals surface area contributed by atoms with Gasteiger partial charge in [0.2, 0.25) is 0 Å². The summed E-state index contributed by atoms with van der Waals surface area (Å²) >= 11 is 1.41. The molecule has 0 fully saturated rings. The highest BCUT2D eigenvalue weighted by Crippen LogP contribution is 2.30. The Bertz CT molecular complexity index is 883. The first-order chi connectivity index (χ1) is 11.9. The van der Waals surface area contributed by atoms with Crippen LogP contribution in [-0.4, -0.2) is 10.9 Å². The lowest BCUT2D eigenvalue weighted by Gasteiger charge is -2.06. The maximum atomic E-state index is 13.1. The maximum Gasteiger partial charge on any atom is 0.257 e. The maximum absolute atomic E-state index is 13.1. The van der Waals surface area contributed by atoms with Crippen LogP contribution in [0.2, 0.25) is 0 Å². The number of hydrogen-bond acceptors (Lipinski definition) is 3. The van der Waals surface area contributed by atoms with E-state index in [1.54, 1.807) is 12.1 Å². The van der Waals surface area contributed by atoms with E-state index in [2.05, 4.69) is 24.1 Å². The molecule has 3 nitrogen and oxygen atoms in total. The van der Waals surface area contributed by atoms with Crippen LogP contribution < -0.4 is 5.32 Å². The zero-order valence-corrected chi connectivity index (χ0v) is 15.2. The van der Waals surface area contributed by atoms with Crippen LogP contribution >= 0.6 is 11.3 Å². The first-order valence-corrected chi connectivity index (χ1v) is 8.90. The predicted molar refractivity (Wildman–Crippen MR) is 101 cm³/mol. The Kier molecular flexibility index (Phi) is 4.95. The Morgan fingerprint density at radius 3 is 2.32 bits per heavy atom. The molecule has 0 unspecified atom stereocenters. The minimum absolute atomic E-state index is 0.185. The third-order valence-corrected chi connectivity index (χ3v) is 4.86. The summed E-state index contributed by atoms with van der Waals surface area (Å²) in [5.74, 6) is -0.0401. The van der Waals surface area contributed by atoms with Gasteiger partial charge in [-0.25, -0.2) is 9.37 Å². The van der Waals surface area contributed by atoms with E-state index in [-0.39, 0.29) is 11.7 Å². The first-order valence-electron chi connectivity index (χ1n) is 8.08. The first kappa shape index (κ1) is 17.3. The quantitative estimate of drug-likeness (QED) is 0.659. The lowest BCUT2D eigenvalue weighted by molar-refractivity contribution is 0.102. The third kappa shape index (κ3) is 3.94. The number of carbonyl (C=O) groups excluding carboxylic acids is 1. The molecule has 128 valence electrons. The lowest BCUT2D eigenvalue weighted by atomic mass is 10.0. The second-order valence-corrected chi connectivity index (χ2v) is 7.36. The summed E-state index contributed by atoms with van der Waals surface area (Å²) in [4.78, 5) is 17.9. The van der Waals surface area contributed by atoms with E-state index in [0.29, 0.717) is 16.6 Å². The normalized spacial score (nSPS) is 10.9. The molecule has 0 aliphatic rings. The summed E-state index contributed by atoms with van der Waals surface area (Å²) in [6.45, 7) is 6.16. The zero-order valence-electron chi connectivity index (χ0n) is 14.3. The van der Waals surface area contributed by atoms with Gasteiger partial charge >= 0.3 is 0 Å². The van der Waals surface area contributed by atoms with Crippen LogP contribution in [0.1, 0.15) is 40.6 Å². The van der Waals surface area contributed by atoms with E-state index >= 15 is 0 Å². The van der Waals surface area contributed by atoms with Gasteiger partial charge in [0, 0.05) is 16.0 Å². The van der Waals surface area contributed by atoms with Crippen molar-refractivity contribution >= 4 is 22.4 Å². The molecule has 1 N–H and O–H groups in total. The van der Waals surface area contributed by atoms with Crippen molar-refractivity contribution in [3.05, 3.63) is 70.4 Å². The number of carbonyl (C=O) groups is 1. The molecule has 0 radical (unpaired) electrons. The van der Waals surface area contributed by atoms with Crippen molar-refractivity contribution in [3.63, 3.8) is 0 Å². The van der Waals surface area contributed by atoms with Crippen LogP contribution in [0.4, 0.5) is 9.52 Å². The molecule has 1 amide bonds. The van der Waals surface area contributed by atoms with Gasteiger partial charge in [-0.1, -0.05) is 26.0 Å². The number of nitrogens with one attached hydrogen (secondary N) is 1. The van der Waals surface area contributed by atoms with Crippen molar-refractivity contribution in [2.45, 2.75) is 26.7 Å². The fourth-order valence-corrected chi connectivity index (χ4v) is 3.35. The average molecular weight is 354 g/mol. The fraction of sp³-hybridized carbons (Fsp3) is 0.200. The molecule has 0 aliphatic heterocycles. The summed E-state index contributed by atoms with van der Waals surface area (Å²) in [5, 5.41) is 3.38. The Labute approximate surface area is 150 Å². The van der Waals surface area contributed by atoms with Crippen LogP contribution in [-0.2, 0) is 0 Å². The minimum atomic E-state index is -0.282. The van der Waals surface area contributed by atoms with Crippen LogP contribution in [0.5, 0.6) is 0 Å². The second kappa shape index (κ2) is 7.15. The minimum Gasteiger partial charge on any atom is -0.298 e. The Morgan fingerprint density at radius 2 is 1.72 bits per heavy atom. The number of amides is 1. The number of benzene rings is 2. The Hall–Kier alpha value is -2.53. The molecule has 25 heavy (non-hydrogen) atoms. The molecule has 3 aromatic rings. The van der Waals surface area contributed by atoms with Gasteiger partial charge in [0.15, 0.2) is 5.13 Å². The monoisotopic (exact) mass is 354 g/mol. The molecule has 0 bridgehead atoms. The van der Waals surface area contributed by atoms with Gasteiger partial charge in [0.1, 0.15) is 5.82 Å². The molecule has 2 aromatic carbocycles. The number of aryl methyl sites for hydroxylation is 1. The van der Waals surface area contributed by atoms with Crippen molar-refractivity contribution < 1.29 is 9.18 Å². The van der Waals surface area contributed by atoms with Crippen LogP contribution in [0.25, 0.3) is 11.3 Å². The number of halogens is 1. The second-order valence-electron chi connectivity index (χ2n) is 6.16. The molecule has 0 spiro atoms. The van der Waals surface area contributed by atoms with E-state index in [1.807, 2.05) is 31.2 Å². The van der Waals surface area contributed by atoms with Gasteiger partial charge in [0.25, 0.3) is 5.91 Å². The van der Waals surface area contributed by atoms with Crippen molar-refractivity contribution in [1.82, 2.24) is 4.98 Å². The number of thiazole rings is 1. The number of nitrogens with zero attached hydrogens (tertiary/aromatic N) is 1. The fourth-order valence-electron chi connectivity index (χ4n) is 2.51. The van der Waals surface area contributed by atoms with Gasteiger partial charge in [0.05, 0.1) is 5.69 Å². The van der Waals surface area contributed by atoms with Crippen LogP contribution in [0.15, 0.2) is 48.5 Å². The van der Waals surface area contributed by atoms with E-state index in [9.17, 15) is 9.18 Å². The average Bonchev–Trinajstić information content (AvgIpc) is 2.96. The topological polar surface area (TPSA) is 42.0 Å². The molecule has 1 heterocycles. The summed E-state index contributed by atoms with van der Waals surface area (Å²) < 4.78 is 13.1. The third-order valence-electron chi connectivity index (χ3n) is 3.97. The van der Waals surface area contributed by atoms with Gasteiger partial charge < -0.3 is 0 Å². The van der Waals surface area contributed by atoms with Gasteiger partial charge in [-0.05, 0) is 54.8 Å². The zero-order chi connectivity index (χ0) is 18.0. The summed E-state index contributed by atoms with van der Waals surface area (Å²) in [6.07, 6.45) is 0. The summed E-state index contributed by atoms with van der Waals surface area (Å²) in [7, 11) is 0.